The van der Waals surface area contributed by atoms with Crippen molar-refractivity contribution in [1.82, 2.24) is 4.90 Å². The number of amides is 1. The summed E-state index contributed by atoms with van der Waals surface area (Å²) in [5, 5.41) is 11.5. The first-order valence-electron chi connectivity index (χ1n) is 12.8. The van der Waals surface area contributed by atoms with E-state index >= 15 is 0 Å². The van der Waals surface area contributed by atoms with Crippen LogP contribution in [0.15, 0.2) is 72.3 Å². The summed E-state index contributed by atoms with van der Waals surface area (Å²) in [7, 11) is 1.60. The van der Waals surface area contributed by atoms with Crippen molar-refractivity contribution in [2.45, 2.75) is 45.2 Å². The van der Waals surface area contributed by atoms with Gasteiger partial charge in [-0.15, -0.1) is 0 Å². The quantitative estimate of drug-likeness (QED) is 0.261. The van der Waals surface area contributed by atoms with Crippen LogP contribution < -0.4 is 9.47 Å². The molecule has 0 saturated carbocycles. The zero-order valence-corrected chi connectivity index (χ0v) is 21.2. The van der Waals surface area contributed by atoms with E-state index in [0.29, 0.717) is 23.7 Å². The van der Waals surface area contributed by atoms with E-state index in [0.717, 1.165) is 36.8 Å². The molecule has 1 aliphatic carbocycles. The smallest absolute Gasteiger partial charge is 0.295 e. The molecule has 190 valence electrons. The SMILES string of the molecule is CCOc1ccc(C2/C(=C(/O)c3ccc4c(c3)CCCC4)C(=O)C(=O)N2Cc2ccc(OC)cc2)cc1. The number of carbonyl (C=O) groups excluding carboxylic acids is 2. The number of nitrogens with zero attached hydrogens (tertiary/aromatic N) is 1. The average molecular weight is 498 g/mol. The van der Waals surface area contributed by atoms with Crippen LogP contribution in [0.4, 0.5) is 0 Å². The maximum Gasteiger partial charge on any atom is 0.295 e. The summed E-state index contributed by atoms with van der Waals surface area (Å²) < 4.78 is 10.8. The molecule has 2 aliphatic rings. The first-order valence-corrected chi connectivity index (χ1v) is 12.8. The second-order valence-corrected chi connectivity index (χ2v) is 9.47. The lowest BCUT2D eigenvalue weighted by Gasteiger charge is -2.26. The van der Waals surface area contributed by atoms with Gasteiger partial charge in [-0.05, 0) is 85.2 Å². The largest absolute Gasteiger partial charge is 0.507 e. The van der Waals surface area contributed by atoms with Crippen LogP contribution >= 0.6 is 0 Å². The van der Waals surface area contributed by atoms with Gasteiger partial charge in [-0.2, -0.15) is 0 Å². The van der Waals surface area contributed by atoms with E-state index in [4.69, 9.17) is 9.47 Å². The highest BCUT2D eigenvalue weighted by molar-refractivity contribution is 6.46. The second kappa shape index (κ2) is 10.5. The Hall–Kier alpha value is -4.06. The number of aliphatic hydroxyl groups excluding tert-OH is 1. The molecule has 5 rings (SSSR count). The minimum atomic E-state index is -0.728. The van der Waals surface area contributed by atoms with Gasteiger partial charge in [0.15, 0.2) is 0 Å². The third-order valence-electron chi connectivity index (χ3n) is 7.18. The Morgan fingerprint density at radius 2 is 1.59 bits per heavy atom. The molecule has 1 atom stereocenters. The van der Waals surface area contributed by atoms with Gasteiger partial charge in [0.25, 0.3) is 11.7 Å². The van der Waals surface area contributed by atoms with E-state index in [1.54, 1.807) is 7.11 Å². The molecular formula is C31H31NO5. The number of Topliss-reactive ketones (excluding diaryl/α,β-unsaturated/α-hetero) is 1. The van der Waals surface area contributed by atoms with Gasteiger partial charge in [-0.3, -0.25) is 9.59 Å². The monoisotopic (exact) mass is 497 g/mol. The number of carbonyl (C=O) groups is 2. The Kier molecular flexibility index (Phi) is 6.99. The maximum absolute atomic E-state index is 13.4. The highest BCUT2D eigenvalue weighted by Crippen LogP contribution is 2.41. The van der Waals surface area contributed by atoms with Gasteiger partial charge < -0.3 is 19.5 Å². The number of rotatable bonds is 7. The highest BCUT2D eigenvalue weighted by atomic mass is 16.5. The molecule has 37 heavy (non-hydrogen) atoms. The highest BCUT2D eigenvalue weighted by Gasteiger charge is 2.46. The molecule has 0 bridgehead atoms. The Morgan fingerprint density at radius 3 is 2.27 bits per heavy atom. The van der Waals surface area contributed by atoms with E-state index in [2.05, 4.69) is 0 Å². The number of hydrogen-bond donors (Lipinski definition) is 1. The van der Waals surface area contributed by atoms with Crippen LogP contribution in [0.1, 0.15) is 53.6 Å². The number of aliphatic hydroxyl groups is 1. The lowest BCUT2D eigenvalue weighted by molar-refractivity contribution is -0.140. The van der Waals surface area contributed by atoms with Crippen LogP contribution in [0.3, 0.4) is 0 Å². The van der Waals surface area contributed by atoms with Crippen LogP contribution in [-0.4, -0.2) is 35.4 Å². The van der Waals surface area contributed by atoms with E-state index < -0.39 is 17.7 Å². The van der Waals surface area contributed by atoms with Crippen molar-refractivity contribution in [3.63, 3.8) is 0 Å². The number of fused-ring (bicyclic) bond motifs is 1. The summed E-state index contributed by atoms with van der Waals surface area (Å²) >= 11 is 0. The maximum atomic E-state index is 13.4. The minimum Gasteiger partial charge on any atom is -0.507 e. The summed E-state index contributed by atoms with van der Waals surface area (Å²) in [6.45, 7) is 2.66. The van der Waals surface area contributed by atoms with E-state index in [1.807, 2.05) is 73.7 Å². The number of aryl methyl sites for hydroxylation is 2. The van der Waals surface area contributed by atoms with E-state index in [1.165, 1.54) is 16.0 Å². The number of hydrogen-bond acceptors (Lipinski definition) is 5. The van der Waals surface area contributed by atoms with Crippen LogP contribution in [0, 0.1) is 0 Å². The fourth-order valence-corrected chi connectivity index (χ4v) is 5.27. The third kappa shape index (κ3) is 4.84. The number of likely N-dealkylation sites (tertiary alicyclic amines) is 1. The number of ether oxygens (including phenoxy) is 2. The van der Waals surface area contributed by atoms with Gasteiger partial charge in [0.2, 0.25) is 0 Å². The Bertz CT molecular complexity index is 1340. The van der Waals surface area contributed by atoms with Crippen LogP contribution in [0.2, 0.25) is 0 Å². The van der Waals surface area contributed by atoms with Gasteiger partial charge in [-0.1, -0.05) is 36.4 Å². The van der Waals surface area contributed by atoms with Crippen molar-refractivity contribution < 1.29 is 24.2 Å². The van der Waals surface area contributed by atoms with Crippen molar-refractivity contribution >= 4 is 17.4 Å². The van der Waals surface area contributed by atoms with Crippen molar-refractivity contribution in [1.29, 1.82) is 0 Å². The Morgan fingerprint density at radius 1 is 0.919 bits per heavy atom. The lowest BCUT2D eigenvalue weighted by Crippen LogP contribution is -2.29. The molecule has 1 saturated heterocycles. The van der Waals surface area contributed by atoms with Gasteiger partial charge >= 0.3 is 0 Å². The zero-order chi connectivity index (χ0) is 25.9. The van der Waals surface area contributed by atoms with Crippen molar-refractivity contribution in [2.75, 3.05) is 13.7 Å². The van der Waals surface area contributed by atoms with Crippen LogP contribution in [0.5, 0.6) is 11.5 Å². The van der Waals surface area contributed by atoms with E-state index in [9.17, 15) is 14.7 Å². The number of ketones is 1. The molecular weight excluding hydrogens is 466 g/mol. The van der Waals surface area contributed by atoms with Gasteiger partial charge in [0.1, 0.15) is 17.3 Å². The first kappa shape index (κ1) is 24.6. The van der Waals surface area contributed by atoms with Gasteiger partial charge in [-0.25, -0.2) is 0 Å². The number of methoxy groups -OCH3 is 1. The summed E-state index contributed by atoms with van der Waals surface area (Å²) in [6.07, 6.45) is 4.24. The fraction of sp³-hybridized carbons (Fsp3) is 0.290. The van der Waals surface area contributed by atoms with Crippen molar-refractivity contribution in [2.24, 2.45) is 0 Å². The molecule has 1 amide bonds. The molecule has 1 aliphatic heterocycles. The molecule has 3 aromatic rings. The Labute approximate surface area is 217 Å². The minimum absolute atomic E-state index is 0.110. The van der Waals surface area contributed by atoms with Crippen molar-refractivity contribution in [3.8, 4) is 11.5 Å². The van der Waals surface area contributed by atoms with Crippen LogP contribution in [0.25, 0.3) is 5.76 Å². The molecule has 1 unspecified atom stereocenters. The molecule has 6 heteroatoms. The van der Waals surface area contributed by atoms with Gasteiger partial charge in [0, 0.05) is 12.1 Å². The second-order valence-electron chi connectivity index (χ2n) is 9.47. The van der Waals surface area contributed by atoms with Crippen molar-refractivity contribution in [3.05, 3.63) is 100 Å². The van der Waals surface area contributed by atoms with E-state index in [-0.39, 0.29) is 17.9 Å². The first-order chi connectivity index (χ1) is 18.0. The molecule has 0 radical (unpaired) electrons. The normalized spacial score (nSPS) is 18.5. The van der Waals surface area contributed by atoms with Gasteiger partial charge in [0.05, 0.1) is 25.3 Å². The summed E-state index contributed by atoms with van der Waals surface area (Å²) in [5.41, 5.74) is 4.74. The number of benzene rings is 3. The topological polar surface area (TPSA) is 76.1 Å². The summed E-state index contributed by atoms with van der Waals surface area (Å²) in [6, 6.07) is 19.9. The molecule has 0 aromatic heterocycles. The molecule has 1 N–H and O–H groups in total. The van der Waals surface area contributed by atoms with Crippen LogP contribution in [-0.2, 0) is 29.0 Å². The molecule has 0 spiro atoms. The predicted octanol–water partition coefficient (Wildman–Crippen LogP) is 5.59. The molecule has 1 fully saturated rings. The molecule has 1 heterocycles. The summed E-state index contributed by atoms with van der Waals surface area (Å²) in [5.74, 6) is -0.0333. The fourth-order valence-electron chi connectivity index (χ4n) is 5.27. The molecule has 3 aromatic carbocycles. The Balaban J connectivity index is 1.59. The lowest BCUT2D eigenvalue weighted by atomic mass is 9.88. The zero-order valence-electron chi connectivity index (χ0n) is 21.2. The third-order valence-corrected chi connectivity index (χ3v) is 7.18. The average Bonchev–Trinajstić information content (AvgIpc) is 3.18. The predicted molar refractivity (Wildman–Crippen MR) is 142 cm³/mol. The molecule has 6 nitrogen and oxygen atoms in total. The standard InChI is InChI=1S/C31H31NO5/c1-3-37-26-16-12-22(13-17-26)28-27(29(33)24-11-10-21-6-4-5-7-23(21)18-24)30(34)31(35)32(28)19-20-8-14-25(36-2)15-9-20/h8-18,28,33H,3-7,19H2,1-2H3/b29-27-. The summed E-state index contributed by atoms with van der Waals surface area (Å²) in [4.78, 5) is 28.3.